The van der Waals surface area contributed by atoms with Crippen LogP contribution in [0.4, 0.5) is 13.2 Å². The molecule has 0 spiro atoms. The monoisotopic (exact) mass is 281 g/mol. The van der Waals surface area contributed by atoms with E-state index in [-0.39, 0.29) is 17.7 Å². The van der Waals surface area contributed by atoms with Gasteiger partial charge in [0, 0.05) is 12.3 Å². The lowest BCUT2D eigenvalue weighted by atomic mass is 10.0. The van der Waals surface area contributed by atoms with Crippen LogP contribution in [-0.4, -0.2) is 20.4 Å². The predicted molar refractivity (Wildman–Crippen MR) is 62.7 cm³/mol. The number of halogens is 3. The lowest BCUT2D eigenvalue weighted by molar-refractivity contribution is -0.137. The number of hydrogen-bond donors (Lipinski definition) is 1. The Balaban J connectivity index is 2.84. The molecule has 1 unspecified atom stereocenters. The van der Waals surface area contributed by atoms with Gasteiger partial charge in [0.1, 0.15) is 9.84 Å². The van der Waals surface area contributed by atoms with E-state index in [2.05, 4.69) is 0 Å². The fourth-order valence-corrected chi connectivity index (χ4v) is 2.14. The second-order valence-corrected chi connectivity index (χ2v) is 6.41. The van der Waals surface area contributed by atoms with Crippen molar-refractivity contribution in [2.45, 2.75) is 18.6 Å². The second kappa shape index (κ2) is 5.27. The van der Waals surface area contributed by atoms with E-state index in [9.17, 15) is 21.6 Å². The maximum atomic E-state index is 12.5. The summed E-state index contributed by atoms with van der Waals surface area (Å²) in [6.45, 7) is 0. The average molecular weight is 281 g/mol. The summed E-state index contributed by atoms with van der Waals surface area (Å²) in [5, 5.41) is 0. The van der Waals surface area contributed by atoms with Crippen molar-refractivity contribution < 1.29 is 21.6 Å². The summed E-state index contributed by atoms with van der Waals surface area (Å²) >= 11 is 0. The van der Waals surface area contributed by atoms with Crippen LogP contribution in [-0.2, 0) is 16.0 Å². The van der Waals surface area contributed by atoms with E-state index in [1.807, 2.05) is 0 Å². The van der Waals surface area contributed by atoms with Gasteiger partial charge in [-0.2, -0.15) is 13.2 Å². The van der Waals surface area contributed by atoms with Gasteiger partial charge < -0.3 is 5.73 Å². The number of rotatable bonds is 4. The van der Waals surface area contributed by atoms with Crippen molar-refractivity contribution in [3.05, 3.63) is 35.4 Å². The molecule has 102 valence electrons. The Kier molecular flexibility index (Phi) is 4.39. The zero-order valence-electron chi connectivity index (χ0n) is 9.74. The third-order valence-electron chi connectivity index (χ3n) is 2.44. The average Bonchev–Trinajstić information content (AvgIpc) is 2.24. The molecule has 0 radical (unpaired) electrons. The molecule has 0 saturated heterocycles. The van der Waals surface area contributed by atoms with Crippen molar-refractivity contribution >= 4 is 9.84 Å². The molecule has 0 fully saturated rings. The van der Waals surface area contributed by atoms with Gasteiger partial charge in [-0.25, -0.2) is 8.42 Å². The van der Waals surface area contributed by atoms with E-state index < -0.39 is 27.6 Å². The molecule has 0 saturated carbocycles. The van der Waals surface area contributed by atoms with Gasteiger partial charge in [0.25, 0.3) is 0 Å². The van der Waals surface area contributed by atoms with E-state index in [0.717, 1.165) is 18.4 Å². The van der Waals surface area contributed by atoms with Gasteiger partial charge in [-0.3, -0.25) is 0 Å². The highest BCUT2D eigenvalue weighted by Gasteiger charge is 2.30. The topological polar surface area (TPSA) is 60.2 Å². The third kappa shape index (κ3) is 4.66. The summed E-state index contributed by atoms with van der Waals surface area (Å²) in [7, 11) is -3.17. The minimum atomic E-state index is -4.42. The zero-order chi connectivity index (χ0) is 14.0. The quantitative estimate of drug-likeness (QED) is 0.919. The van der Waals surface area contributed by atoms with Crippen molar-refractivity contribution in [2.24, 2.45) is 5.73 Å². The molecule has 0 aliphatic carbocycles. The first-order valence-electron chi connectivity index (χ1n) is 5.20. The molecule has 0 heterocycles. The number of sulfone groups is 1. The van der Waals surface area contributed by atoms with Gasteiger partial charge in [0.15, 0.2) is 0 Å². The van der Waals surface area contributed by atoms with E-state index >= 15 is 0 Å². The van der Waals surface area contributed by atoms with Gasteiger partial charge in [0.05, 0.1) is 11.3 Å². The van der Waals surface area contributed by atoms with Crippen LogP contribution in [0, 0.1) is 0 Å². The molecule has 2 N–H and O–H groups in total. The van der Waals surface area contributed by atoms with Crippen LogP contribution in [0.2, 0.25) is 0 Å². The molecule has 0 amide bonds. The Morgan fingerprint density at radius 3 is 2.44 bits per heavy atom. The van der Waals surface area contributed by atoms with Crippen LogP contribution in [0.5, 0.6) is 0 Å². The highest BCUT2D eigenvalue weighted by atomic mass is 32.2. The van der Waals surface area contributed by atoms with E-state index in [1.165, 1.54) is 12.1 Å². The molecule has 0 bridgehead atoms. The van der Waals surface area contributed by atoms with Gasteiger partial charge >= 0.3 is 6.18 Å². The maximum absolute atomic E-state index is 12.5. The second-order valence-electron chi connectivity index (χ2n) is 4.15. The fourth-order valence-electron chi connectivity index (χ4n) is 1.45. The summed E-state index contributed by atoms with van der Waals surface area (Å²) in [5.74, 6) is -0.148. The maximum Gasteiger partial charge on any atom is 0.416 e. The first-order valence-corrected chi connectivity index (χ1v) is 7.26. The van der Waals surface area contributed by atoms with E-state index in [0.29, 0.717) is 0 Å². The molecule has 0 aliphatic rings. The summed E-state index contributed by atoms with van der Waals surface area (Å²) in [4.78, 5) is 0. The standard InChI is InChI=1S/C11H14F3NO2S/c1-18(16,17)6-5-10(15)8-3-2-4-9(7-8)11(12,13)14/h2-4,7,10H,5-6,15H2,1H3. The first-order chi connectivity index (χ1) is 8.09. The Morgan fingerprint density at radius 2 is 1.94 bits per heavy atom. The van der Waals surface area contributed by atoms with Crippen molar-refractivity contribution in [2.75, 3.05) is 12.0 Å². The third-order valence-corrected chi connectivity index (χ3v) is 3.42. The number of alkyl halides is 3. The minimum absolute atomic E-state index is 0.0974. The van der Waals surface area contributed by atoms with Gasteiger partial charge in [-0.1, -0.05) is 12.1 Å². The highest BCUT2D eigenvalue weighted by Crippen LogP contribution is 2.30. The molecular weight excluding hydrogens is 267 g/mol. The summed E-state index contributed by atoms with van der Waals surface area (Å²) in [6, 6.07) is 3.91. The summed E-state index contributed by atoms with van der Waals surface area (Å²) < 4.78 is 59.3. The van der Waals surface area contributed by atoms with Gasteiger partial charge in [-0.05, 0) is 24.1 Å². The summed E-state index contributed by atoms with van der Waals surface area (Å²) in [6.07, 6.45) is -3.27. The lowest BCUT2D eigenvalue weighted by Crippen LogP contribution is -2.16. The fraction of sp³-hybridized carbons (Fsp3) is 0.455. The predicted octanol–water partition coefficient (Wildman–Crippen LogP) is 2.14. The first kappa shape index (κ1) is 15.0. The molecule has 1 atom stereocenters. The molecule has 3 nitrogen and oxygen atoms in total. The number of nitrogens with two attached hydrogens (primary N) is 1. The minimum Gasteiger partial charge on any atom is -0.324 e. The van der Waals surface area contributed by atoms with E-state index in [4.69, 9.17) is 5.73 Å². The Bertz CT molecular complexity index is 511. The molecular formula is C11H14F3NO2S. The smallest absolute Gasteiger partial charge is 0.324 e. The molecule has 18 heavy (non-hydrogen) atoms. The molecule has 0 aromatic heterocycles. The van der Waals surface area contributed by atoms with E-state index in [1.54, 1.807) is 0 Å². The Morgan fingerprint density at radius 1 is 1.33 bits per heavy atom. The number of benzene rings is 1. The molecule has 1 aromatic rings. The summed E-state index contributed by atoms with van der Waals surface area (Å²) in [5.41, 5.74) is 5.19. The Labute approximate surface area is 104 Å². The van der Waals surface area contributed by atoms with Crippen LogP contribution in [0.15, 0.2) is 24.3 Å². The van der Waals surface area contributed by atoms with Crippen LogP contribution in [0.25, 0.3) is 0 Å². The van der Waals surface area contributed by atoms with Crippen molar-refractivity contribution in [1.82, 2.24) is 0 Å². The molecule has 7 heteroatoms. The van der Waals surface area contributed by atoms with Crippen LogP contribution < -0.4 is 5.73 Å². The lowest BCUT2D eigenvalue weighted by Gasteiger charge is -2.14. The van der Waals surface area contributed by atoms with Crippen LogP contribution >= 0.6 is 0 Å². The highest BCUT2D eigenvalue weighted by molar-refractivity contribution is 7.90. The zero-order valence-corrected chi connectivity index (χ0v) is 10.6. The van der Waals surface area contributed by atoms with Gasteiger partial charge in [-0.15, -0.1) is 0 Å². The van der Waals surface area contributed by atoms with Gasteiger partial charge in [0.2, 0.25) is 0 Å². The Hall–Kier alpha value is -1.08. The molecule has 0 aliphatic heterocycles. The van der Waals surface area contributed by atoms with Crippen molar-refractivity contribution in [3.63, 3.8) is 0 Å². The van der Waals surface area contributed by atoms with Crippen LogP contribution in [0.3, 0.4) is 0 Å². The SMILES string of the molecule is CS(=O)(=O)CCC(N)c1cccc(C(F)(F)F)c1. The van der Waals surface area contributed by atoms with Crippen LogP contribution in [0.1, 0.15) is 23.6 Å². The molecule has 1 rings (SSSR count). The largest absolute Gasteiger partial charge is 0.416 e. The normalized spacial score (nSPS) is 14.5. The van der Waals surface area contributed by atoms with Crippen molar-refractivity contribution in [1.29, 1.82) is 0 Å². The molecule has 1 aromatic carbocycles. The van der Waals surface area contributed by atoms with Crippen molar-refractivity contribution in [3.8, 4) is 0 Å². The number of hydrogen-bond acceptors (Lipinski definition) is 3.